The Morgan fingerprint density at radius 2 is 1.57 bits per heavy atom. The van der Waals surface area contributed by atoms with E-state index in [1.807, 2.05) is 48.5 Å². The van der Waals surface area contributed by atoms with Crippen molar-refractivity contribution >= 4 is 48.2 Å². The fourth-order valence-electron chi connectivity index (χ4n) is 5.27. The second kappa shape index (κ2) is 13.3. The number of amides is 1. The number of H-pyrrole nitrogens is 1. The number of nitrogens with one attached hydrogen (secondary N) is 1. The van der Waals surface area contributed by atoms with Gasteiger partial charge in [0.2, 0.25) is 14.2 Å². The van der Waals surface area contributed by atoms with Crippen molar-refractivity contribution in [3.63, 3.8) is 0 Å². The number of hydrogen-bond donors (Lipinski definition) is 3. The summed E-state index contributed by atoms with van der Waals surface area (Å²) in [5.74, 6) is -0.408. The number of aromatic nitrogens is 1. The van der Waals surface area contributed by atoms with Crippen LogP contribution < -0.4 is 9.33 Å². The highest BCUT2D eigenvalue weighted by Gasteiger charge is 2.39. The van der Waals surface area contributed by atoms with Crippen molar-refractivity contribution in [2.24, 2.45) is 4.99 Å². The van der Waals surface area contributed by atoms with E-state index in [1.54, 1.807) is 18.0 Å². The van der Waals surface area contributed by atoms with E-state index in [4.69, 9.17) is 9.42 Å². The van der Waals surface area contributed by atoms with E-state index >= 15 is 0 Å². The highest BCUT2D eigenvalue weighted by Crippen LogP contribution is 2.38. The number of nitrogens with zero attached hydrogens (tertiary/aromatic N) is 4. The van der Waals surface area contributed by atoms with Gasteiger partial charge in [-0.15, -0.1) is 0 Å². The van der Waals surface area contributed by atoms with Gasteiger partial charge in [0.1, 0.15) is 5.75 Å². The Labute approximate surface area is 277 Å². The fraction of sp³-hybridized carbons (Fsp3) is 0.361. The van der Waals surface area contributed by atoms with Gasteiger partial charge in [0, 0.05) is 55.4 Å². The van der Waals surface area contributed by atoms with Gasteiger partial charge in [-0.25, -0.2) is 9.79 Å². The van der Waals surface area contributed by atoms with Crippen LogP contribution >= 0.6 is 0 Å². The molecule has 0 radical (unpaired) electrons. The number of aromatic hydroxyl groups is 1. The number of carbonyl (C=O) groups is 2. The predicted molar refractivity (Wildman–Crippen MR) is 190 cm³/mol. The lowest BCUT2D eigenvalue weighted by molar-refractivity contribution is -0.119. The van der Waals surface area contributed by atoms with Crippen molar-refractivity contribution < 1.29 is 24.2 Å². The number of likely N-dealkylation sites (N-methyl/N-ethyl adjacent to an activating group) is 2. The number of aromatic amines is 1. The van der Waals surface area contributed by atoms with Crippen LogP contribution in [0.5, 0.6) is 11.6 Å². The average molecular weight is 656 g/mol. The molecule has 0 aliphatic carbocycles. The summed E-state index contributed by atoms with van der Waals surface area (Å²) in [5, 5.41) is 21.4. The van der Waals surface area contributed by atoms with Gasteiger partial charge >= 0.3 is 5.97 Å². The maximum absolute atomic E-state index is 13.1. The molecule has 0 spiro atoms. The first-order chi connectivity index (χ1) is 22.1. The molecule has 0 unspecified atom stereocenters. The lowest BCUT2D eigenvalue weighted by Gasteiger charge is -2.36. The number of aliphatic imine (C=N–C) groups is 1. The summed E-state index contributed by atoms with van der Waals surface area (Å²) in [6, 6.07) is 19.7. The molecule has 0 bridgehead atoms. The normalized spacial score (nSPS) is 15.2. The average Bonchev–Trinajstić information content (AvgIpc) is 3.35. The molecular formula is C36H45N5O5Si. The largest absolute Gasteiger partial charge is 0.544 e. The molecular weight excluding hydrogens is 611 g/mol. The minimum atomic E-state index is -2.07. The molecule has 47 heavy (non-hydrogen) atoms. The van der Waals surface area contributed by atoms with Gasteiger partial charge in [0.05, 0.1) is 29.1 Å². The topological polar surface area (TPSA) is 122 Å². The molecule has 11 heteroatoms. The number of fused-ring (bicyclic) bond motifs is 1. The van der Waals surface area contributed by atoms with Crippen molar-refractivity contribution in [3.05, 3.63) is 83.4 Å². The van der Waals surface area contributed by atoms with Crippen LogP contribution in [-0.4, -0.2) is 97.7 Å². The summed E-state index contributed by atoms with van der Waals surface area (Å²) in [4.78, 5) is 39.0. The molecule has 2 heterocycles. The Kier molecular flexibility index (Phi) is 9.62. The van der Waals surface area contributed by atoms with E-state index in [0.29, 0.717) is 40.0 Å². The van der Waals surface area contributed by atoms with Gasteiger partial charge in [0.15, 0.2) is 5.88 Å². The van der Waals surface area contributed by atoms with Gasteiger partial charge < -0.3 is 29.4 Å². The van der Waals surface area contributed by atoms with E-state index in [-0.39, 0.29) is 22.4 Å². The molecule has 0 saturated carbocycles. The second-order valence-corrected chi connectivity index (χ2v) is 18.5. The van der Waals surface area contributed by atoms with Gasteiger partial charge in [-0.3, -0.25) is 9.69 Å². The highest BCUT2D eigenvalue weighted by molar-refractivity contribution is 6.74. The zero-order valence-electron chi connectivity index (χ0n) is 28.3. The molecule has 1 aromatic heterocycles. The number of hydrogen-bond acceptors (Lipinski definition) is 7. The molecule has 1 fully saturated rings. The maximum Gasteiger partial charge on any atom is 0.335 e. The van der Waals surface area contributed by atoms with Crippen LogP contribution in [0.2, 0.25) is 18.1 Å². The Morgan fingerprint density at radius 1 is 0.957 bits per heavy atom. The van der Waals surface area contributed by atoms with E-state index in [2.05, 4.69) is 55.7 Å². The maximum atomic E-state index is 13.1. The summed E-state index contributed by atoms with van der Waals surface area (Å²) >= 11 is 0. The SMILES string of the molecule is CN1CCN(CC(=O)N(C)c2ccc(N=C(c3ccc(O[Si](C)(C)C(C)(C)C)cc3)c3c(O)[nH]c4ccc(C(=O)O)cc34)cc2)CC1. The van der Waals surface area contributed by atoms with Crippen molar-refractivity contribution in [2.75, 3.05) is 51.7 Å². The molecule has 4 aromatic rings. The molecule has 3 aromatic carbocycles. The monoisotopic (exact) mass is 655 g/mol. The molecule has 1 aliphatic rings. The lowest BCUT2D eigenvalue weighted by atomic mass is 9.99. The third-order valence-electron chi connectivity index (χ3n) is 9.38. The van der Waals surface area contributed by atoms with E-state index in [9.17, 15) is 19.8 Å². The van der Waals surface area contributed by atoms with Crippen molar-refractivity contribution in [2.45, 2.75) is 38.9 Å². The first kappa shape index (κ1) is 33.9. The summed E-state index contributed by atoms with van der Waals surface area (Å²) in [6.07, 6.45) is 0. The van der Waals surface area contributed by atoms with Gasteiger partial charge in [-0.1, -0.05) is 20.8 Å². The molecule has 5 rings (SSSR count). The lowest BCUT2D eigenvalue weighted by Crippen LogP contribution is -2.48. The predicted octanol–water partition coefficient (Wildman–Crippen LogP) is 6.34. The Hall–Kier alpha value is -4.45. The van der Waals surface area contributed by atoms with Gasteiger partial charge in [0.25, 0.3) is 0 Å². The Balaban J connectivity index is 1.50. The number of carbonyl (C=O) groups excluding carboxylic acids is 1. The second-order valence-electron chi connectivity index (χ2n) is 13.8. The first-order valence-corrected chi connectivity index (χ1v) is 18.8. The summed E-state index contributed by atoms with van der Waals surface area (Å²) < 4.78 is 6.49. The van der Waals surface area contributed by atoms with Crippen LogP contribution in [0, 0.1) is 0 Å². The molecule has 1 saturated heterocycles. The van der Waals surface area contributed by atoms with E-state index in [0.717, 1.165) is 37.6 Å². The molecule has 1 amide bonds. The number of anilines is 1. The van der Waals surface area contributed by atoms with Gasteiger partial charge in [-0.05, 0) is 91.9 Å². The molecule has 10 nitrogen and oxygen atoms in total. The number of piperazine rings is 1. The summed E-state index contributed by atoms with van der Waals surface area (Å²) in [6.45, 7) is 14.9. The summed E-state index contributed by atoms with van der Waals surface area (Å²) in [7, 11) is 1.80. The van der Waals surface area contributed by atoms with Crippen molar-refractivity contribution in [1.29, 1.82) is 0 Å². The minimum absolute atomic E-state index is 0.0180. The minimum Gasteiger partial charge on any atom is -0.544 e. The quantitative estimate of drug-likeness (QED) is 0.142. The van der Waals surface area contributed by atoms with E-state index in [1.165, 1.54) is 12.1 Å². The smallest absolute Gasteiger partial charge is 0.335 e. The number of carboxylic acid groups (broad SMARTS) is 1. The molecule has 1 aliphatic heterocycles. The third-order valence-corrected chi connectivity index (χ3v) is 13.7. The van der Waals surface area contributed by atoms with Crippen LogP contribution in [0.15, 0.2) is 71.7 Å². The van der Waals surface area contributed by atoms with Crippen molar-refractivity contribution in [1.82, 2.24) is 14.8 Å². The fourth-order valence-corrected chi connectivity index (χ4v) is 6.30. The highest BCUT2D eigenvalue weighted by atomic mass is 28.4. The standard InChI is InChI=1S/C36H45N5O5Si/c1-36(2,3)47(6,7)46-28-15-8-24(9-16-28)33(32-29-22-25(35(44)45)10-17-30(29)38-34(32)43)37-26-11-13-27(14-12-26)40(5)31(42)23-41-20-18-39(4)19-21-41/h8-17,22,38,43H,18-21,23H2,1-7H3,(H,44,45). The van der Waals surface area contributed by atoms with Crippen LogP contribution in [0.1, 0.15) is 42.3 Å². The molecule has 3 N–H and O–H groups in total. The molecule has 248 valence electrons. The number of aromatic carboxylic acids is 1. The Morgan fingerprint density at radius 3 is 2.17 bits per heavy atom. The summed E-state index contributed by atoms with van der Waals surface area (Å²) in [5.41, 5.74) is 3.61. The Bertz CT molecular complexity index is 1780. The number of rotatable bonds is 9. The number of benzene rings is 3. The van der Waals surface area contributed by atoms with Gasteiger partial charge in [-0.2, -0.15) is 0 Å². The zero-order valence-corrected chi connectivity index (χ0v) is 29.3. The van der Waals surface area contributed by atoms with Crippen LogP contribution in [0.25, 0.3) is 10.9 Å². The van der Waals surface area contributed by atoms with Crippen LogP contribution in [-0.2, 0) is 4.79 Å². The van der Waals surface area contributed by atoms with Crippen LogP contribution in [0.3, 0.4) is 0 Å². The zero-order chi connectivity index (χ0) is 34.1. The molecule has 0 atom stereocenters. The third kappa shape index (κ3) is 7.59. The van der Waals surface area contributed by atoms with E-state index < -0.39 is 14.3 Å². The number of carboxylic acids is 1. The first-order valence-electron chi connectivity index (χ1n) is 15.9. The van der Waals surface area contributed by atoms with Crippen molar-refractivity contribution in [3.8, 4) is 11.6 Å². The van der Waals surface area contributed by atoms with Crippen LogP contribution in [0.4, 0.5) is 11.4 Å².